The molecule has 0 bridgehead atoms. The van der Waals surface area contributed by atoms with E-state index in [0.717, 1.165) is 0 Å². The molecule has 2 N–H and O–H groups in total. The van der Waals surface area contributed by atoms with Crippen LogP contribution in [-0.2, 0) is 14.8 Å². The zero-order chi connectivity index (χ0) is 9.83. The lowest BCUT2D eigenvalue weighted by Crippen LogP contribution is -2.46. The lowest BCUT2D eigenvalue weighted by atomic mass is 10.0. The SMILES string of the molecule is CCC(CC)(COC)S(N)(=O)=O. The highest BCUT2D eigenvalue weighted by Gasteiger charge is 2.38. The molecule has 0 saturated carbocycles. The van der Waals surface area contributed by atoms with Gasteiger partial charge in [0.1, 0.15) is 4.75 Å². The van der Waals surface area contributed by atoms with Crippen molar-refractivity contribution in [1.29, 1.82) is 0 Å². The Morgan fingerprint density at radius 3 is 1.83 bits per heavy atom. The molecule has 0 aromatic carbocycles. The molecule has 0 aliphatic carbocycles. The molecule has 4 nitrogen and oxygen atoms in total. The van der Waals surface area contributed by atoms with Crippen molar-refractivity contribution in [3.8, 4) is 0 Å². The molecule has 0 aliphatic rings. The highest BCUT2D eigenvalue weighted by Crippen LogP contribution is 2.23. The van der Waals surface area contributed by atoms with Gasteiger partial charge in [-0.2, -0.15) is 0 Å². The van der Waals surface area contributed by atoms with E-state index in [1.54, 1.807) is 13.8 Å². The molecule has 0 spiro atoms. The van der Waals surface area contributed by atoms with Gasteiger partial charge < -0.3 is 4.74 Å². The number of primary sulfonamides is 1. The summed E-state index contributed by atoms with van der Waals surface area (Å²) < 4.78 is 26.4. The summed E-state index contributed by atoms with van der Waals surface area (Å²) in [5.41, 5.74) is 0. The quantitative estimate of drug-likeness (QED) is 0.693. The summed E-state index contributed by atoms with van der Waals surface area (Å²) in [7, 11) is -2.04. The highest BCUT2D eigenvalue weighted by molar-refractivity contribution is 7.90. The zero-order valence-corrected chi connectivity index (χ0v) is 8.65. The minimum Gasteiger partial charge on any atom is -0.383 e. The van der Waals surface area contributed by atoms with Crippen LogP contribution < -0.4 is 5.14 Å². The first-order chi connectivity index (χ1) is 5.43. The van der Waals surface area contributed by atoms with Gasteiger partial charge >= 0.3 is 0 Å². The molecule has 5 heteroatoms. The normalized spacial score (nSPS) is 13.3. The standard InChI is InChI=1S/C7H17NO3S/c1-4-7(5-2,6-11-3)12(8,9)10/h4-6H2,1-3H3,(H2,8,9,10). The molecule has 0 rings (SSSR count). The fourth-order valence-electron chi connectivity index (χ4n) is 1.20. The predicted octanol–water partition coefficient (Wildman–Crippen LogP) is 0.480. The minimum atomic E-state index is -3.51. The first-order valence-electron chi connectivity index (χ1n) is 3.94. The summed E-state index contributed by atoms with van der Waals surface area (Å²) in [4.78, 5) is 0. The van der Waals surface area contributed by atoms with Gasteiger partial charge in [0.05, 0.1) is 6.61 Å². The maximum absolute atomic E-state index is 11.2. The number of hydrogen-bond acceptors (Lipinski definition) is 3. The first-order valence-corrected chi connectivity index (χ1v) is 5.49. The lowest BCUT2D eigenvalue weighted by Gasteiger charge is -2.27. The average Bonchev–Trinajstić information content (AvgIpc) is 1.98. The van der Waals surface area contributed by atoms with Crippen molar-refractivity contribution in [2.24, 2.45) is 5.14 Å². The van der Waals surface area contributed by atoms with Crippen molar-refractivity contribution >= 4 is 10.0 Å². The second kappa shape index (κ2) is 4.20. The molecule has 0 radical (unpaired) electrons. The van der Waals surface area contributed by atoms with Gasteiger partial charge in [-0.1, -0.05) is 13.8 Å². The Morgan fingerprint density at radius 2 is 1.75 bits per heavy atom. The van der Waals surface area contributed by atoms with E-state index in [4.69, 9.17) is 9.88 Å². The first kappa shape index (κ1) is 11.9. The van der Waals surface area contributed by atoms with Gasteiger partial charge in [0.2, 0.25) is 10.0 Å². The lowest BCUT2D eigenvalue weighted by molar-refractivity contribution is 0.159. The third-order valence-electron chi connectivity index (χ3n) is 2.30. The van der Waals surface area contributed by atoms with Crippen molar-refractivity contribution in [2.75, 3.05) is 13.7 Å². The van der Waals surface area contributed by atoms with Gasteiger partial charge in [-0.15, -0.1) is 0 Å². The van der Waals surface area contributed by atoms with Crippen LogP contribution in [-0.4, -0.2) is 26.9 Å². The van der Waals surface area contributed by atoms with E-state index >= 15 is 0 Å². The zero-order valence-electron chi connectivity index (χ0n) is 7.83. The summed E-state index contributed by atoms with van der Waals surface area (Å²) in [5.74, 6) is 0. The van der Waals surface area contributed by atoms with Crippen LogP contribution >= 0.6 is 0 Å². The van der Waals surface area contributed by atoms with Crippen LogP contribution in [0.1, 0.15) is 26.7 Å². The number of methoxy groups -OCH3 is 1. The summed E-state index contributed by atoms with van der Waals surface area (Å²) in [6.45, 7) is 3.76. The summed E-state index contributed by atoms with van der Waals surface area (Å²) in [5, 5.41) is 5.11. The van der Waals surface area contributed by atoms with Crippen molar-refractivity contribution in [1.82, 2.24) is 0 Å². The molecular formula is C7H17NO3S. The van der Waals surface area contributed by atoms with E-state index in [-0.39, 0.29) is 6.61 Å². The third-order valence-corrected chi connectivity index (χ3v) is 4.20. The molecule has 0 aliphatic heterocycles. The van der Waals surface area contributed by atoms with E-state index in [1.807, 2.05) is 0 Å². The highest BCUT2D eigenvalue weighted by atomic mass is 32.2. The molecule has 0 amide bonds. The van der Waals surface area contributed by atoms with Gasteiger partial charge in [-0.3, -0.25) is 0 Å². The van der Waals surface area contributed by atoms with Gasteiger partial charge in [0.15, 0.2) is 0 Å². The van der Waals surface area contributed by atoms with Crippen LogP contribution in [0.25, 0.3) is 0 Å². The second-order valence-corrected chi connectivity index (χ2v) is 4.82. The van der Waals surface area contributed by atoms with Crippen molar-refractivity contribution in [2.45, 2.75) is 31.4 Å². The summed E-state index contributed by atoms with van der Waals surface area (Å²) in [6.07, 6.45) is 0.965. The Bertz CT molecular complexity index is 219. The Labute approximate surface area is 74.1 Å². The smallest absolute Gasteiger partial charge is 0.217 e. The monoisotopic (exact) mass is 195 g/mol. The van der Waals surface area contributed by atoms with E-state index in [0.29, 0.717) is 12.8 Å². The summed E-state index contributed by atoms with van der Waals surface area (Å²) >= 11 is 0. The summed E-state index contributed by atoms with van der Waals surface area (Å²) in [6, 6.07) is 0. The fourth-order valence-corrected chi connectivity index (χ4v) is 2.29. The number of rotatable bonds is 5. The van der Waals surface area contributed by atoms with E-state index in [9.17, 15) is 8.42 Å². The molecule has 0 heterocycles. The van der Waals surface area contributed by atoms with Gasteiger partial charge in [0, 0.05) is 7.11 Å². The molecule has 0 atom stereocenters. The van der Waals surface area contributed by atoms with Crippen molar-refractivity contribution in [3.05, 3.63) is 0 Å². The minimum absolute atomic E-state index is 0.166. The Morgan fingerprint density at radius 1 is 1.33 bits per heavy atom. The van der Waals surface area contributed by atoms with Crippen LogP contribution in [0.3, 0.4) is 0 Å². The van der Waals surface area contributed by atoms with Crippen LogP contribution in [0.15, 0.2) is 0 Å². The topological polar surface area (TPSA) is 69.4 Å². The van der Waals surface area contributed by atoms with Crippen LogP contribution in [0.2, 0.25) is 0 Å². The third kappa shape index (κ3) is 2.18. The average molecular weight is 195 g/mol. The molecule has 12 heavy (non-hydrogen) atoms. The maximum Gasteiger partial charge on any atom is 0.217 e. The second-order valence-electron chi connectivity index (χ2n) is 2.87. The number of ether oxygens (including phenoxy) is 1. The maximum atomic E-state index is 11.2. The Kier molecular flexibility index (Phi) is 4.16. The molecule has 0 saturated heterocycles. The van der Waals surface area contributed by atoms with Crippen LogP contribution in [0.4, 0.5) is 0 Å². The fraction of sp³-hybridized carbons (Fsp3) is 1.00. The van der Waals surface area contributed by atoms with Gasteiger partial charge in [-0.25, -0.2) is 13.6 Å². The Hall–Kier alpha value is -0.130. The number of sulfonamides is 1. The number of hydrogen-bond donors (Lipinski definition) is 1. The molecule has 0 unspecified atom stereocenters. The molecule has 74 valence electrons. The molecule has 0 aromatic heterocycles. The van der Waals surface area contributed by atoms with Gasteiger partial charge in [-0.05, 0) is 12.8 Å². The number of nitrogens with two attached hydrogens (primary N) is 1. The Balaban J connectivity index is 4.83. The molecule has 0 aromatic rings. The predicted molar refractivity (Wildman–Crippen MR) is 48.3 cm³/mol. The molecule has 0 fully saturated rings. The van der Waals surface area contributed by atoms with E-state index < -0.39 is 14.8 Å². The van der Waals surface area contributed by atoms with Gasteiger partial charge in [0.25, 0.3) is 0 Å². The van der Waals surface area contributed by atoms with Crippen molar-refractivity contribution < 1.29 is 13.2 Å². The van der Waals surface area contributed by atoms with Crippen LogP contribution in [0, 0.1) is 0 Å². The van der Waals surface area contributed by atoms with E-state index in [2.05, 4.69) is 0 Å². The van der Waals surface area contributed by atoms with Crippen molar-refractivity contribution in [3.63, 3.8) is 0 Å². The van der Waals surface area contributed by atoms with Crippen LogP contribution in [0.5, 0.6) is 0 Å². The molecular weight excluding hydrogens is 178 g/mol. The van der Waals surface area contributed by atoms with E-state index in [1.165, 1.54) is 7.11 Å². The largest absolute Gasteiger partial charge is 0.383 e.